The van der Waals surface area contributed by atoms with Gasteiger partial charge in [-0.3, -0.25) is 19.1 Å². The molecule has 10 heteroatoms. The number of halogens is 1. The normalized spacial score (nSPS) is 17.5. The molecule has 0 bridgehead atoms. The molecule has 1 amide bonds. The minimum atomic E-state index is -0.377. The summed E-state index contributed by atoms with van der Waals surface area (Å²) in [6, 6.07) is 17.9. The second-order valence-electron chi connectivity index (χ2n) is 9.80. The van der Waals surface area contributed by atoms with E-state index in [1.54, 1.807) is 37.1 Å². The standard InChI is InChI=1S/C30H28FN5O2S2/c1-19-24(17-26-29(38)36(30(39)40-26)20(2)21-7-5-4-6-8-21)27(33(3)28(37)25(19)18-32)35-15-13-34(14-16-35)23-11-9-22(31)10-12-23/h4-12,17,20H,13-16H2,1-3H3/b26-17-. The molecule has 0 spiro atoms. The number of carbonyl (C=O) groups is 1. The summed E-state index contributed by atoms with van der Waals surface area (Å²) in [5.41, 5.74) is 2.77. The van der Waals surface area contributed by atoms with Gasteiger partial charge in [-0.15, -0.1) is 0 Å². The molecule has 0 radical (unpaired) electrons. The summed E-state index contributed by atoms with van der Waals surface area (Å²) < 4.78 is 15.4. The van der Waals surface area contributed by atoms with Gasteiger partial charge in [0.25, 0.3) is 11.5 Å². The lowest BCUT2D eigenvalue weighted by atomic mass is 10.0. The summed E-state index contributed by atoms with van der Waals surface area (Å²) in [5, 5.41) is 9.79. The van der Waals surface area contributed by atoms with Gasteiger partial charge in [-0.25, -0.2) is 4.39 Å². The van der Waals surface area contributed by atoms with Crippen molar-refractivity contribution < 1.29 is 9.18 Å². The summed E-state index contributed by atoms with van der Waals surface area (Å²) in [6.45, 7) is 6.22. The lowest BCUT2D eigenvalue weighted by Crippen LogP contribution is -2.48. The highest BCUT2D eigenvalue weighted by atomic mass is 32.2. The molecule has 0 aliphatic carbocycles. The summed E-state index contributed by atoms with van der Waals surface area (Å²) in [6.07, 6.45) is 1.77. The van der Waals surface area contributed by atoms with Gasteiger partial charge in [0.15, 0.2) is 0 Å². The van der Waals surface area contributed by atoms with Crippen molar-refractivity contribution >= 4 is 51.8 Å². The number of hydrogen-bond donors (Lipinski definition) is 0. The zero-order valence-corrected chi connectivity index (χ0v) is 24.1. The molecular weight excluding hydrogens is 545 g/mol. The van der Waals surface area contributed by atoms with Crippen molar-refractivity contribution in [1.82, 2.24) is 9.47 Å². The van der Waals surface area contributed by atoms with Gasteiger partial charge in [0.1, 0.15) is 27.6 Å². The van der Waals surface area contributed by atoms with Crippen molar-refractivity contribution in [2.45, 2.75) is 19.9 Å². The number of nitrogens with zero attached hydrogens (tertiary/aromatic N) is 5. The van der Waals surface area contributed by atoms with Crippen LogP contribution in [0.5, 0.6) is 0 Å². The molecule has 2 aliphatic heterocycles. The molecule has 1 atom stereocenters. The van der Waals surface area contributed by atoms with E-state index in [4.69, 9.17) is 12.2 Å². The largest absolute Gasteiger partial charge is 0.368 e. The Morgan fingerprint density at radius 1 is 1.02 bits per heavy atom. The van der Waals surface area contributed by atoms with Crippen LogP contribution < -0.4 is 15.4 Å². The zero-order valence-electron chi connectivity index (χ0n) is 22.4. The fourth-order valence-corrected chi connectivity index (χ4v) is 6.65. The average Bonchev–Trinajstić information content (AvgIpc) is 3.25. The van der Waals surface area contributed by atoms with Crippen LogP contribution in [0.1, 0.15) is 35.2 Å². The van der Waals surface area contributed by atoms with E-state index in [1.807, 2.05) is 37.3 Å². The van der Waals surface area contributed by atoms with E-state index in [9.17, 15) is 19.2 Å². The monoisotopic (exact) mass is 573 g/mol. The number of benzene rings is 2. The molecule has 1 aromatic heterocycles. The Kier molecular flexibility index (Phi) is 7.79. The molecule has 0 saturated carbocycles. The fraction of sp³-hybridized carbons (Fsp3) is 0.267. The van der Waals surface area contributed by atoms with Crippen LogP contribution in [0.4, 0.5) is 15.9 Å². The molecule has 2 saturated heterocycles. The first-order valence-corrected chi connectivity index (χ1v) is 14.1. The highest BCUT2D eigenvalue weighted by Gasteiger charge is 2.37. The zero-order chi connectivity index (χ0) is 28.6. The number of carbonyl (C=O) groups excluding carboxylic acids is 1. The number of aromatic nitrogens is 1. The Hall–Kier alpha value is -3.94. The van der Waals surface area contributed by atoms with Gasteiger partial charge in [-0.1, -0.05) is 54.3 Å². The topological polar surface area (TPSA) is 72.6 Å². The van der Waals surface area contributed by atoms with E-state index >= 15 is 0 Å². The predicted molar refractivity (Wildman–Crippen MR) is 162 cm³/mol. The lowest BCUT2D eigenvalue weighted by molar-refractivity contribution is -0.123. The molecule has 5 rings (SSSR count). The quantitative estimate of drug-likeness (QED) is 0.315. The number of thioether (sulfide) groups is 1. The number of pyridine rings is 1. The first kappa shape index (κ1) is 27.6. The van der Waals surface area contributed by atoms with E-state index in [-0.39, 0.29) is 28.9 Å². The maximum Gasteiger partial charge on any atom is 0.270 e. The minimum Gasteiger partial charge on any atom is -0.368 e. The van der Waals surface area contributed by atoms with Gasteiger partial charge in [0.05, 0.1) is 10.9 Å². The SMILES string of the molecule is Cc1c(/C=C2\SC(=S)N(C(C)c3ccccc3)C2=O)c(N2CCN(c3ccc(F)cc3)CC2)n(C)c(=O)c1C#N. The third-order valence-electron chi connectivity index (χ3n) is 7.51. The van der Waals surface area contributed by atoms with Crippen molar-refractivity contribution in [3.8, 4) is 6.07 Å². The van der Waals surface area contributed by atoms with Crippen LogP contribution in [0.25, 0.3) is 6.08 Å². The Balaban J connectivity index is 1.50. The van der Waals surface area contributed by atoms with Gasteiger partial charge < -0.3 is 9.80 Å². The smallest absolute Gasteiger partial charge is 0.270 e. The highest BCUT2D eigenvalue weighted by molar-refractivity contribution is 8.26. The molecule has 2 aliphatic rings. The number of nitriles is 1. The van der Waals surface area contributed by atoms with Crippen molar-refractivity contribution in [3.05, 3.63) is 97.9 Å². The van der Waals surface area contributed by atoms with Crippen molar-refractivity contribution in [2.75, 3.05) is 36.0 Å². The summed E-state index contributed by atoms with van der Waals surface area (Å²) in [7, 11) is 1.66. The molecule has 2 aromatic carbocycles. The summed E-state index contributed by atoms with van der Waals surface area (Å²) >= 11 is 6.85. The second kappa shape index (κ2) is 11.3. The maximum atomic E-state index is 13.6. The van der Waals surface area contributed by atoms with Crippen LogP contribution in [0.2, 0.25) is 0 Å². The molecule has 204 valence electrons. The molecule has 1 unspecified atom stereocenters. The van der Waals surface area contributed by atoms with Crippen LogP contribution in [-0.4, -0.2) is 45.9 Å². The van der Waals surface area contributed by atoms with Crippen molar-refractivity contribution in [2.24, 2.45) is 7.05 Å². The van der Waals surface area contributed by atoms with Gasteiger partial charge in [0.2, 0.25) is 0 Å². The third-order valence-corrected chi connectivity index (χ3v) is 8.84. The van der Waals surface area contributed by atoms with Crippen LogP contribution in [0.15, 0.2) is 64.3 Å². The van der Waals surface area contributed by atoms with Crippen LogP contribution in [-0.2, 0) is 11.8 Å². The summed E-state index contributed by atoms with van der Waals surface area (Å²) in [4.78, 5) is 33.1. The van der Waals surface area contributed by atoms with Crippen LogP contribution in [0, 0.1) is 24.1 Å². The molecule has 0 N–H and O–H groups in total. The van der Waals surface area contributed by atoms with E-state index in [1.165, 1.54) is 28.5 Å². The van der Waals surface area contributed by atoms with Gasteiger partial charge in [-0.05, 0) is 55.3 Å². The number of thiocarbonyl (C=S) groups is 1. The van der Waals surface area contributed by atoms with Gasteiger partial charge >= 0.3 is 0 Å². The predicted octanol–water partition coefficient (Wildman–Crippen LogP) is 4.99. The molecule has 2 fully saturated rings. The molecule has 3 heterocycles. The second-order valence-corrected chi connectivity index (χ2v) is 11.5. The summed E-state index contributed by atoms with van der Waals surface area (Å²) in [5.74, 6) is 0.172. The Labute approximate surface area is 242 Å². The van der Waals surface area contributed by atoms with Gasteiger partial charge in [-0.2, -0.15) is 5.26 Å². The van der Waals surface area contributed by atoms with E-state index in [2.05, 4.69) is 15.9 Å². The highest BCUT2D eigenvalue weighted by Crippen LogP contribution is 2.39. The van der Waals surface area contributed by atoms with Gasteiger partial charge in [0, 0.05) is 44.5 Å². The number of hydrogen-bond acceptors (Lipinski definition) is 7. The van der Waals surface area contributed by atoms with E-state index in [0.29, 0.717) is 52.3 Å². The number of rotatable bonds is 5. The maximum absolute atomic E-state index is 13.6. The minimum absolute atomic E-state index is 0.0515. The first-order valence-electron chi connectivity index (χ1n) is 12.9. The molecule has 40 heavy (non-hydrogen) atoms. The Bertz CT molecular complexity index is 1600. The number of anilines is 2. The fourth-order valence-electron chi connectivity index (χ4n) is 5.25. The average molecular weight is 574 g/mol. The van der Waals surface area contributed by atoms with E-state index < -0.39 is 0 Å². The number of piperazine rings is 1. The van der Waals surface area contributed by atoms with E-state index in [0.717, 1.165) is 11.3 Å². The van der Waals surface area contributed by atoms with Crippen molar-refractivity contribution in [3.63, 3.8) is 0 Å². The van der Waals surface area contributed by atoms with Crippen LogP contribution >= 0.6 is 24.0 Å². The number of amides is 1. The molecule has 3 aromatic rings. The van der Waals surface area contributed by atoms with Crippen molar-refractivity contribution in [1.29, 1.82) is 5.26 Å². The third kappa shape index (κ3) is 5.03. The lowest BCUT2D eigenvalue weighted by Gasteiger charge is -2.38. The van der Waals surface area contributed by atoms with Crippen LogP contribution in [0.3, 0.4) is 0 Å². The first-order chi connectivity index (χ1) is 19.2. The Morgan fingerprint density at radius 2 is 1.65 bits per heavy atom. The molecule has 7 nitrogen and oxygen atoms in total. The molecular formula is C30H28FN5O2S2. The Morgan fingerprint density at radius 3 is 2.27 bits per heavy atom.